The third-order valence-electron chi connectivity index (χ3n) is 9.87. The summed E-state index contributed by atoms with van der Waals surface area (Å²) in [6, 6.07) is 19.4. The summed E-state index contributed by atoms with van der Waals surface area (Å²) in [5.41, 5.74) is 1.88. The van der Waals surface area contributed by atoms with Crippen LogP contribution < -0.4 is 24.6 Å². The molecule has 4 aliphatic rings. The Morgan fingerprint density at radius 3 is 2.47 bits per heavy atom. The quantitative estimate of drug-likeness (QED) is 0.212. The van der Waals surface area contributed by atoms with Crippen LogP contribution in [0.3, 0.4) is 0 Å². The summed E-state index contributed by atoms with van der Waals surface area (Å²) in [4.78, 5) is 58.7. The number of H-pyrrole nitrogens is 1. The number of ether oxygens (including phenoxy) is 2. The average molecular weight is 709 g/mol. The van der Waals surface area contributed by atoms with Crippen LogP contribution in [-0.2, 0) is 14.4 Å². The van der Waals surface area contributed by atoms with Gasteiger partial charge in [-0.2, -0.15) is 0 Å². The van der Waals surface area contributed by atoms with Crippen LogP contribution in [0.2, 0.25) is 10.0 Å². The number of anilines is 2. The van der Waals surface area contributed by atoms with Crippen LogP contribution in [0.1, 0.15) is 22.8 Å². The Kier molecular flexibility index (Phi) is 7.63. The largest absolute Gasteiger partial charge is 0.497 e. The van der Waals surface area contributed by atoms with Crippen molar-refractivity contribution >= 4 is 75.4 Å². The van der Waals surface area contributed by atoms with E-state index in [-0.39, 0.29) is 58.1 Å². The lowest BCUT2D eigenvalue weighted by molar-refractivity contribution is -0.123. The third-order valence-corrected chi connectivity index (χ3v) is 13.2. The second-order valence-corrected chi connectivity index (χ2v) is 15.2. The van der Waals surface area contributed by atoms with Gasteiger partial charge in [-0.25, -0.2) is 0 Å². The maximum absolute atomic E-state index is 14.1. The monoisotopic (exact) mass is 707 g/mol. The van der Waals surface area contributed by atoms with Gasteiger partial charge in [0.15, 0.2) is 6.61 Å². The van der Waals surface area contributed by atoms with Gasteiger partial charge in [0, 0.05) is 27.3 Å². The van der Waals surface area contributed by atoms with Gasteiger partial charge in [0.05, 0.1) is 39.7 Å². The van der Waals surface area contributed by atoms with Crippen LogP contribution in [0.25, 0.3) is 0 Å². The van der Waals surface area contributed by atoms with Crippen molar-refractivity contribution in [3.8, 4) is 11.5 Å². The van der Waals surface area contributed by atoms with Crippen LogP contribution in [0.5, 0.6) is 11.5 Å². The Hall–Kier alpha value is -3.77. The van der Waals surface area contributed by atoms with E-state index in [0.29, 0.717) is 32.9 Å². The number of amides is 3. The van der Waals surface area contributed by atoms with E-state index in [1.165, 1.54) is 16.2 Å². The molecule has 3 heterocycles. The van der Waals surface area contributed by atoms with Crippen molar-refractivity contribution in [2.45, 2.75) is 22.6 Å². The van der Waals surface area contributed by atoms with Crippen LogP contribution in [-0.4, -0.2) is 41.7 Å². The average Bonchev–Trinajstić information content (AvgIpc) is 3.81. The molecule has 2 saturated carbocycles. The number of aromatic nitrogens is 1. The molecule has 3 aromatic carbocycles. The van der Waals surface area contributed by atoms with Crippen molar-refractivity contribution in [2.75, 3.05) is 23.9 Å². The Balaban J connectivity index is 1.11. The SMILES string of the molecule is COc1ccc(N2C(=O)C3C(C2=O)[C@@H]2C[C@H]3C3Sc4[nH]c(=O)sc4[C@H](c4ccccc4OCC(=O)Nc4ccc(Cl)c(Cl)c4)C32)cc1. The number of hydrogen-bond acceptors (Lipinski definition) is 8. The van der Waals surface area contributed by atoms with Crippen molar-refractivity contribution in [3.63, 3.8) is 0 Å². The van der Waals surface area contributed by atoms with Gasteiger partial charge < -0.3 is 19.8 Å². The van der Waals surface area contributed by atoms with E-state index < -0.39 is 11.8 Å². The highest BCUT2D eigenvalue weighted by atomic mass is 35.5. The zero-order valence-corrected chi connectivity index (χ0v) is 27.9. The molecule has 1 saturated heterocycles. The van der Waals surface area contributed by atoms with Crippen LogP contribution in [0.15, 0.2) is 76.6 Å². The minimum atomic E-state index is -0.443. The standard InChI is InChI=1S/C34H27Cl2N3O6S2/c1-44-17-9-7-16(8-10-17)39-32(41)27-19-13-20(28(27)33(39)42)29-26(19)25(30-31(46-29)38-34(43)47-30)18-4-2-3-5-23(18)45-14-24(40)37-15-6-11-21(35)22(36)12-15/h2-12,19-20,25-29H,13-14H2,1H3,(H,37,40)(H,38,43)/t19-,20-,25-,26?,27?,28?,29?/m1/s1. The normalized spacial score (nSPS) is 27.0. The van der Waals surface area contributed by atoms with Crippen LogP contribution in [0.4, 0.5) is 11.4 Å². The summed E-state index contributed by atoms with van der Waals surface area (Å²) in [6.07, 6.45) is 0.760. The Labute approximate surface area is 287 Å². The Morgan fingerprint density at radius 1 is 0.979 bits per heavy atom. The molecule has 0 spiro atoms. The first-order valence-electron chi connectivity index (χ1n) is 15.1. The molecule has 4 aromatic rings. The molecule has 4 unspecified atom stereocenters. The molecule has 3 fully saturated rings. The number of thiazole rings is 1. The summed E-state index contributed by atoms with van der Waals surface area (Å²) >= 11 is 14.9. The van der Waals surface area contributed by atoms with Crippen LogP contribution >= 0.6 is 46.3 Å². The van der Waals surface area contributed by atoms with Crippen molar-refractivity contribution in [1.82, 2.24) is 4.98 Å². The number of carbonyl (C=O) groups excluding carboxylic acids is 3. The van der Waals surface area contributed by atoms with Gasteiger partial charge in [0.1, 0.15) is 11.5 Å². The van der Waals surface area contributed by atoms with Crippen molar-refractivity contribution in [2.24, 2.45) is 29.6 Å². The van der Waals surface area contributed by atoms with E-state index in [1.54, 1.807) is 61.3 Å². The predicted octanol–water partition coefficient (Wildman–Crippen LogP) is 6.45. The molecule has 2 bridgehead atoms. The minimum Gasteiger partial charge on any atom is -0.497 e. The number of para-hydroxylation sites is 1. The number of imide groups is 1. The zero-order valence-electron chi connectivity index (χ0n) is 24.8. The van der Waals surface area contributed by atoms with Crippen molar-refractivity contribution in [3.05, 3.63) is 96.9 Å². The lowest BCUT2D eigenvalue weighted by Gasteiger charge is -2.43. The van der Waals surface area contributed by atoms with E-state index in [4.69, 9.17) is 32.7 Å². The van der Waals surface area contributed by atoms with E-state index in [1.807, 2.05) is 24.3 Å². The zero-order chi connectivity index (χ0) is 32.6. The summed E-state index contributed by atoms with van der Waals surface area (Å²) < 4.78 is 11.4. The number of hydrogen-bond donors (Lipinski definition) is 2. The number of rotatable bonds is 7. The number of halogens is 2. The molecule has 7 atom stereocenters. The number of fused-ring (bicyclic) bond motifs is 9. The number of methoxy groups -OCH3 is 1. The molecule has 0 radical (unpaired) electrons. The van der Waals surface area contributed by atoms with Gasteiger partial charge in [-0.15, -0.1) is 11.8 Å². The highest BCUT2D eigenvalue weighted by Crippen LogP contribution is 2.69. The van der Waals surface area contributed by atoms with Gasteiger partial charge in [-0.3, -0.25) is 24.1 Å². The second kappa shape index (κ2) is 11.7. The molecule has 2 N–H and O–H groups in total. The fourth-order valence-corrected chi connectivity index (χ4v) is 11.3. The molecule has 9 nitrogen and oxygen atoms in total. The van der Waals surface area contributed by atoms with Crippen molar-refractivity contribution in [1.29, 1.82) is 0 Å². The smallest absolute Gasteiger partial charge is 0.305 e. The predicted molar refractivity (Wildman–Crippen MR) is 181 cm³/mol. The molecule has 13 heteroatoms. The van der Waals surface area contributed by atoms with Gasteiger partial charge in [0.2, 0.25) is 11.8 Å². The van der Waals surface area contributed by atoms with Gasteiger partial charge in [-0.05, 0) is 72.7 Å². The van der Waals surface area contributed by atoms with Gasteiger partial charge >= 0.3 is 4.87 Å². The summed E-state index contributed by atoms with van der Waals surface area (Å²) in [5.74, 6) is -0.764. The number of carbonyl (C=O) groups is 3. The molecule has 2 aliphatic carbocycles. The van der Waals surface area contributed by atoms with Crippen molar-refractivity contribution < 1.29 is 23.9 Å². The first-order valence-corrected chi connectivity index (χ1v) is 17.6. The number of thioether (sulfide) groups is 1. The molecule has 1 aromatic heterocycles. The maximum Gasteiger partial charge on any atom is 0.305 e. The molecule has 2 aliphatic heterocycles. The number of nitrogens with one attached hydrogen (secondary N) is 2. The maximum atomic E-state index is 14.1. The highest BCUT2D eigenvalue weighted by Gasteiger charge is 2.69. The van der Waals surface area contributed by atoms with E-state index in [2.05, 4.69) is 10.3 Å². The summed E-state index contributed by atoms with van der Waals surface area (Å²) in [5, 5.41) is 4.30. The number of benzene rings is 3. The fourth-order valence-electron chi connectivity index (χ4n) is 8.13. The Morgan fingerprint density at radius 2 is 1.72 bits per heavy atom. The lowest BCUT2D eigenvalue weighted by atomic mass is 9.68. The third kappa shape index (κ3) is 4.97. The molecule has 8 rings (SSSR count). The molecular weight excluding hydrogens is 681 g/mol. The topological polar surface area (TPSA) is 118 Å². The van der Waals surface area contributed by atoms with Gasteiger partial charge in [0.25, 0.3) is 5.91 Å². The fraction of sp³-hybridized carbons (Fsp3) is 0.294. The van der Waals surface area contributed by atoms with E-state index >= 15 is 0 Å². The highest BCUT2D eigenvalue weighted by molar-refractivity contribution is 8.00. The molecular formula is C34H27Cl2N3O6S2. The first-order chi connectivity index (χ1) is 22.7. The number of aromatic amines is 1. The summed E-state index contributed by atoms with van der Waals surface area (Å²) in [7, 11) is 1.57. The van der Waals surface area contributed by atoms with E-state index in [0.717, 1.165) is 21.9 Å². The lowest BCUT2D eigenvalue weighted by Crippen LogP contribution is -2.42. The van der Waals surface area contributed by atoms with Crippen LogP contribution in [0, 0.1) is 29.6 Å². The second-order valence-electron chi connectivity index (χ2n) is 12.2. The number of nitrogens with zero attached hydrogens (tertiary/aromatic N) is 1. The summed E-state index contributed by atoms with van der Waals surface area (Å²) in [6.45, 7) is -0.260. The van der Waals surface area contributed by atoms with Gasteiger partial charge in [-0.1, -0.05) is 52.7 Å². The van der Waals surface area contributed by atoms with E-state index in [9.17, 15) is 19.2 Å². The Bertz CT molecular complexity index is 2000. The minimum absolute atomic E-state index is 0.0163. The molecule has 47 heavy (non-hydrogen) atoms. The first kappa shape index (κ1) is 30.6. The molecule has 240 valence electrons. The molecule has 3 amide bonds.